The van der Waals surface area contributed by atoms with Gasteiger partial charge in [-0.1, -0.05) is 25.4 Å². The lowest BCUT2D eigenvalue weighted by Crippen LogP contribution is -1.85. The van der Waals surface area contributed by atoms with E-state index in [9.17, 15) is 0 Å². The molecule has 2 rings (SSSR count). The fourth-order valence-corrected chi connectivity index (χ4v) is 1.25. The molecule has 4 heteroatoms. The van der Waals surface area contributed by atoms with Crippen LogP contribution < -0.4 is 0 Å². The molecule has 0 spiro atoms. The molecule has 0 unspecified atom stereocenters. The first-order chi connectivity index (χ1) is 6.18. The molecule has 0 radical (unpaired) electrons. The predicted molar refractivity (Wildman–Crippen MR) is 50.9 cm³/mol. The highest BCUT2D eigenvalue weighted by molar-refractivity contribution is 6.34. The molecule has 2 heterocycles. The zero-order valence-electron chi connectivity index (χ0n) is 7.41. The molecule has 3 nitrogen and oxygen atoms in total. The van der Waals surface area contributed by atoms with Gasteiger partial charge in [0.1, 0.15) is 0 Å². The SMILES string of the molecule is CC(C)c1nc2nccc(Cl)c2o1. The zero-order valence-corrected chi connectivity index (χ0v) is 8.17. The van der Waals surface area contributed by atoms with Crippen molar-refractivity contribution in [2.75, 3.05) is 0 Å². The van der Waals surface area contributed by atoms with Crippen molar-refractivity contribution in [3.8, 4) is 0 Å². The van der Waals surface area contributed by atoms with Crippen LogP contribution >= 0.6 is 11.6 Å². The first kappa shape index (κ1) is 8.51. The van der Waals surface area contributed by atoms with E-state index >= 15 is 0 Å². The molecular weight excluding hydrogens is 188 g/mol. The standard InChI is InChI=1S/C9H9ClN2O/c1-5(2)9-12-8-7(13-9)6(10)3-4-11-8/h3-5H,1-2H3. The summed E-state index contributed by atoms with van der Waals surface area (Å²) in [6, 6.07) is 1.69. The highest BCUT2D eigenvalue weighted by Gasteiger charge is 2.11. The van der Waals surface area contributed by atoms with Crippen molar-refractivity contribution >= 4 is 22.8 Å². The second kappa shape index (κ2) is 3.00. The lowest BCUT2D eigenvalue weighted by atomic mass is 10.2. The number of fused-ring (bicyclic) bond motifs is 1. The van der Waals surface area contributed by atoms with Gasteiger partial charge >= 0.3 is 0 Å². The van der Waals surface area contributed by atoms with E-state index in [0.29, 0.717) is 22.1 Å². The summed E-state index contributed by atoms with van der Waals surface area (Å²) in [7, 11) is 0. The van der Waals surface area contributed by atoms with Crippen LogP contribution in [-0.4, -0.2) is 9.97 Å². The first-order valence-electron chi connectivity index (χ1n) is 4.09. The van der Waals surface area contributed by atoms with Crippen molar-refractivity contribution in [1.29, 1.82) is 0 Å². The lowest BCUT2D eigenvalue weighted by molar-refractivity contribution is 0.501. The van der Waals surface area contributed by atoms with Gasteiger partial charge in [0.25, 0.3) is 0 Å². The molecule has 0 atom stereocenters. The normalized spacial score (nSPS) is 11.4. The minimum absolute atomic E-state index is 0.255. The van der Waals surface area contributed by atoms with Crippen LogP contribution in [-0.2, 0) is 0 Å². The maximum Gasteiger partial charge on any atom is 0.200 e. The van der Waals surface area contributed by atoms with Gasteiger partial charge in [-0.3, -0.25) is 0 Å². The van der Waals surface area contributed by atoms with Crippen molar-refractivity contribution < 1.29 is 4.42 Å². The molecule has 0 aliphatic carbocycles. The van der Waals surface area contributed by atoms with Gasteiger partial charge in [0.2, 0.25) is 0 Å². The number of aromatic nitrogens is 2. The molecule has 0 bridgehead atoms. The van der Waals surface area contributed by atoms with Crippen molar-refractivity contribution in [2.45, 2.75) is 19.8 Å². The molecule has 0 aliphatic rings. The molecule has 0 aromatic carbocycles. The molecule has 0 amide bonds. The minimum Gasteiger partial charge on any atom is -0.437 e. The molecule has 68 valence electrons. The van der Waals surface area contributed by atoms with Crippen LogP contribution in [0.5, 0.6) is 0 Å². The molecule has 0 N–H and O–H groups in total. The Labute approximate surface area is 80.7 Å². The van der Waals surface area contributed by atoms with Crippen LogP contribution in [0.2, 0.25) is 5.02 Å². The van der Waals surface area contributed by atoms with Crippen molar-refractivity contribution in [1.82, 2.24) is 9.97 Å². The number of rotatable bonds is 1. The molecule has 13 heavy (non-hydrogen) atoms. The molecular formula is C9H9ClN2O. The largest absolute Gasteiger partial charge is 0.437 e. The van der Waals surface area contributed by atoms with Crippen LogP contribution in [0.25, 0.3) is 11.2 Å². The van der Waals surface area contributed by atoms with Crippen LogP contribution in [0.4, 0.5) is 0 Å². The van der Waals surface area contributed by atoms with Gasteiger partial charge in [-0.15, -0.1) is 0 Å². The van der Waals surface area contributed by atoms with E-state index in [1.165, 1.54) is 0 Å². The first-order valence-corrected chi connectivity index (χ1v) is 4.47. The maximum atomic E-state index is 5.90. The van der Waals surface area contributed by atoms with E-state index < -0.39 is 0 Å². The third kappa shape index (κ3) is 1.40. The minimum atomic E-state index is 0.255. The molecule has 0 fully saturated rings. The summed E-state index contributed by atoms with van der Waals surface area (Å²) < 4.78 is 5.45. The number of halogens is 1. The van der Waals surface area contributed by atoms with Crippen LogP contribution in [0.3, 0.4) is 0 Å². The van der Waals surface area contributed by atoms with E-state index in [1.807, 2.05) is 13.8 Å². The Morgan fingerprint density at radius 1 is 1.46 bits per heavy atom. The third-order valence-corrected chi connectivity index (χ3v) is 2.05. The van der Waals surface area contributed by atoms with Crippen LogP contribution in [0.1, 0.15) is 25.7 Å². The Bertz CT molecular complexity index is 436. The molecule has 0 aliphatic heterocycles. The average molecular weight is 197 g/mol. The topological polar surface area (TPSA) is 38.9 Å². The second-order valence-corrected chi connectivity index (χ2v) is 3.56. The van der Waals surface area contributed by atoms with Gasteiger partial charge in [0.05, 0.1) is 5.02 Å². The number of nitrogens with zero attached hydrogens (tertiary/aromatic N) is 2. The van der Waals surface area contributed by atoms with E-state index in [0.717, 1.165) is 0 Å². The summed E-state index contributed by atoms with van der Waals surface area (Å²) >= 11 is 5.90. The quantitative estimate of drug-likeness (QED) is 0.704. The molecule has 0 saturated heterocycles. The van der Waals surface area contributed by atoms with Gasteiger partial charge < -0.3 is 4.42 Å². The second-order valence-electron chi connectivity index (χ2n) is 3.15. The Morgan fingerprint density at radius 3 is 2.85 bits per heavy atom. The monoisotopic (exact) mass is 196 g/mol. The molecule has 2 aromatic rings. The smallest absolute Gasteiger partial charge is 0.200 e. The number of hydrogen-bond donors (Lipinski definition) is 0. The summed E-state index contributed by atoms with van der Waals surface area (Å²) in [6.07, 6.45) is 1.62. The summed E-state index contributed by atoms with van der Waals surface area (Å²) in [5.74, 6) is 0.931. The molecule has 0 saturated carbocycles. The van der Waals surface area contributed by atoms with Gasteiger partial charge in [-0.2, -0.15) is 4.98 Å². The Kier molecular flexibility index (Phi) is 1.96. The lowest BCUT2D eigenvalue weighted by Gasteiger charge is -1.93. The third-order valence-electron chi connectivity index (χ3n) is 1.75. The highest BCUT2D eigenvalue weighted by Crippen LogP contribution is 2.25. The van der Waals surface area contributed by atoms with Gasteiger partial charge in [0, 0.05) is 12.1 Å². The Morgan fingerprint density at radius 2 is 2.23 bits per heavy atom. The van der Waals surface area contributed by atoms with E-state index in [-0.39, 0.29) is 5.92 Å². The maximum absolute atomic E-state index is 5.90. The summed E-state index contributed by atoms with van der Waals surface area (Å²) in [5, 5.41) is 0.560. The summed E-state index contributed by atoms with van der Waals surface area (Å²) in [6.45, 7) is 4.03. The Balaban J connectivity index is 2.68. The van der Waals surface area contributed by atoms with Gasteiger partial charge in [0.15, 0.2) is 17.1 Å². The van der Waals surface area contributed by atoms with Gasteiger partial charge in [-0.25, -0.2) is 4.98 Å². The number of hydrogen-bond acceptors (Lipinski definition) is 3. The fraction of sp³-hybridized carbons (Fsp3) is 0.333. The molecule has 2 aromatic heterocycles. The Hall–Kier alpha value is -1.09. The van der Waals surface area contributed by atoms with Crippen molar-refractivity contribution in [3.05, 3.63) is 23.2 Å². The van der Waals surface area contributed by atoms with Crippen molar-refractivity contribution in [3.63, 3.8) is 0 Å². The number of oxazole rings is 1. The van der Waals surface area contributed by atoms with E-state index in [4.69, 9.17) is 16.0 Å². The number of pyridine rings is 1. The fourth-order valence-electron chi connectivity index (χ4n) is 1.07. The summed E-state index contributed by atoms with van der Waals surface area (Å²) in [5.41, 5.74) is 1.16. The van der Waals surface area contributed by atoms with Crippen LogP contribution in [0.15, 0.2) is 16.7 Å². The predicted octanol–water partition coefficient (Wildman–Crippen LogP) is 3.00. The summed E-state index contributed by atoms with van der Waals surface area (Å²) in [4.78, 5) is 8.27. The van der Waals surface area contributed by atoms with E-state index in [2.05, 4.69) is 9.97 Å². The highest BCUT2D eigenvalue weighted by atomic mass is 35.5. The van der Waals surface area contributed by atoms with Crippen molar-refractivity contribution in [2.24, 2.45) is 0 Å². The average Bonchev–Trinajstić information content (AvgIpc) is 2.49. The van der Waals surface area contributed by atoms with E-state index in [1.54, 1.807) is 12.3 Å². The van der Waals surface area contributed by atoms with Gasteiger partial charge in [-0.05, 0) is 6.07 Å². The zero-order chi connectivity index (χ0) is 9.42. The van der Waals surface area contributed by atoms with Crippen LogP contribution in [0, 0.1) is 0 Å².